The highest BCUT2D eigenvalue weighted by atomic mass is 35.5. The molecule has 0 aliphatic carbocycles. The van der Waals surface area contributed by atoms with Crippen LogP contribution < -0.4 is 4.90 Å². The SMILES string of the molecule is Clc1cccc(-c2nc3c(o2)CCN(c2cnccn2)C3)c1. The molecule has 0 saturated carbocycles. The van der Waals surface area contributed by atoms with E-state index >= 15 is 0 Å². The van der Waals surface area contributed by atoms with Gasteiger partial charge in [0.2, 0.25) is 5.89 Å². The number of nitrogens with zero attached hydrogens (tertiary/aromatic N) is 4. The van der Waals surface area contributed by atoms with Crippen LogP contribution >= 0.6 is 11.6 Å². The van der Waals surface area contributed by atoms with E-state index in [1.54, 1.807) is 18.6 Å². The van der Waals surface area contributed by atoms with Crippen molar-refractivity contribution < 1.29 is 4.42 Å². The summed E-state index contributed by atoms with van der Waals surface area (Å²) in [4.78, 5) is 15.2. The molecule has 6 heteroatoms. The topological polar surface area (TPSA) is 55.1 Å². The van der Waals surface area contributed by atoms with Crippen LogP contribution in [-0.4, -0.2) is 21.5 Å². The second-order valence-electron chi connectivity index (χ2n) is 5.13. The first-order valence-corrected chi connectivity index (χ1v) is 7.43. The Morgan fingerprint density at radius 2 is 2.18 bits per heavy atom. The zero-order chi connectivity index (χ0) is 14.9. The molecular formula is C16H13ClN4O. The summed E-state index contributed by atoms with van der Waals surface area (Å²) in [7, 11) is 0. The summed E-state index contributed by atoms with van der Waals surface area (Å²) in [6, 6.07) is 7.54. The number of aromatic nitrogens is 3. The lowest BCUT2D eigenvalue weighted by atomic mass is 10.2. The molecule has 1 aliphatic heterocycles. The lowest BCUT2D eigenvalue weighted by molar-refractivity contribution is 0.498. The molecule has 110 valence electrons. The Labute approximate surface area is 132 Å². The van der Waals surface area contributed by atoms with Crippen LogP contribution in [-0.2, 0) is 13.0 Å². The van der Waals surface area contributed by atoms with Gasteiger partial charge in [-0.25, -0.2) is 9.97 Å². The number of anilines is 1. The Morgan fingerprint density at radius 3 is 3.00 bits per heavy atom. The third kappa shape index (κ3) is 2.44. The maximum Gasteiger partial charge on any atom is 0.226 e. The highest BCUT2D eigenvalue weighted by Crippen LogP contribution is 2.28. The number of rotatable bonds is 2. The molecule has 3 heterocycles. The van der Waals surface area contributed by atoms with Crippen LogP contribution in [0, 0.1) is 0 Å². The van der Waals surface area contributed by atoms with Crippen LogP contribution in [0.15, 0.2) is 47.3 Å². The molecule has 0 radical (unpaired) electrons. The molecule has 0 unspecified atom stereocenters. The van der Waals surface area contributed by atoms with E-state index in [1.165, 1.54) is 0 Å². The summed E-state index contributed by atoms with van der Waals surface area (Å²) in [5.41, 5.74) is 1.85. The van der Waals surface area contributed by atoms with Gasteiger partial charge in [0, 0.05) is 35.9 Å². The molecule has 22 heavy (non-hydrogen) atoms. The Bertz CT molecular complexity index is 803. The summed E-state index contributed by atoms with van der Waals surface area (Å²) in [6.07, 6.45) is 5.94. The van der Waals surface area contributed by atoms with Crippen molar-refractivity contribution in [1.29, 1.82) is 0 Å². The summed E-state index contributed by atoms with van der Waals surface area (Å²) in [5, 5.41) is 0.676. The minimum absolute atomic E-state index is 0.619. The molecule has 0 amide bonds. The standard InChI is InChI=1S/C16H13ClN4O/c17-12-3-1-2-11(8-12)16-20-13-10-21(7-4-14(13)22-16)15-9-18-5-6-19-15/h1-3,5-6,8-9H,4,7,10H2. The van der Waals surface area contributed by atoms with E-state index in [2.05, 4.69) is 19.9 Å². The van der Waals surface area contributed by atoms with E-state index < -0.39 is 0 Å². The highest BCUT2D eigenvalue weighted by Gasteiger charge is 2.23. The zero-order valence-electron chi connectivity index (χ0n) is 11.7. The Balaban J connectivity index is 1.64. The summed E-state index contributed by atoms with van der Waals surface area (Å²) < 4.78 is 5.90. The highest BCUT2D eigenvalue weighted by molar-refractivity contribution is 6.30. The van der Waals surface area contributed by atoms with E-state index in [9.17, 15) is 0 Å². The second kappa shape index (κ2) is 5.42. The third-order valence-electron chi connectivity index (χ3n) is 3.67. The summed E-state index contributed by atoms with van der Waals surface area (Å²) in [5.74, 6) is 2.42. The number of fused-ring (bicyclic) bond motifs is 1. The molecule has 0 N–H and O–H groups in total. The van der Waals surface area contributed by atoms with Crippen LogP contribution in [0.4, 0.5) is 5.82 Å². The largest absolute Gasteiger partial charge is 0.441 e. The molecule has 0 saturated heterocycles. The second-order valence-corrected chi connectivity index (χ2v) is 5.57. The van der Waals surface area contributed by atoms with Crippen molar-refractivity contribution in [3.63, 3.8) is 0 Å². The van der Waals surface area contributed by atoms with Crippen molar-refractivity contribution in [3.8, 4) is 11.5 Å². The first-order valence-electron chi connectivity index (χ1n) is 7.05. The zero-order valence-corrected chi connectivity index (χ0v) is 12.5. The number of oxazole rings is 1. The third-order valence-corrected chi connectivity index (χ3v) is 3.91. The lowest BCUT2D eigenvalue weighted by Crippen LogP contribution is -2.30. The fourth-order valence-corrected chi connectivity index (χ4v) is 2.78. The van der Waals surface area contributed by atoms with Gasteiger partial charge in [-0.1, -0.05) is 17.7 Å². The fraction of sp³-hybridized carbons (Fsp3) is 0.188. The van der Waals surface area contributed by atoms with Gasteiger partial charge in [-0.15, -0.1) is 0 Å². The van der Waals surface area contributed by atoms with Crippen molar-refractivity contribution >= 4 is 17.4 Å². The van der Waals surface area contributed by atoms with Gasteiger partial charge in [0.25, 0.3) is 0 Å². The van der Waals surface area contributed by atoms with Crippen LogP contribution in [0.25, 0.3) is 11.5 Å². The minimum Gasteiger partial charge on any atom is -0.441 e. The summed E-state index contributed by atoms with van der Waals surface area (Å²) in [6.45, 7) is 1.52. The van der Waals surface area contributed by atoms with Gasteiger partial charge in [0.1, 0.15) is 17.3 Å². The number of hydrogen-bond acceptors (Lipinski definition) is 5. The Hall–Kier alpha value is -2.40. The molecule has 0 spiro atoms. The van der Waals surface area contributed by atoms with Crippen molar-refractivity contribution in [2.45, 2.75) is 13.0 Å². The molecule has 2 aromatic heterocycles. The van der Waals surface area contributed by atoms with Crippen LogP contribution in [0.5, 0.6) is 0 Å². The first kappa shape index (κ1) is 13.3. The monoisotopic (exact) mass is 312 g/mol. The van der Waals surface area contributed by atoms with Crippen molar-refractivity contribution in [2.75, 3.05) is 11.4 Å². The Morgan fingerprint density at radius 1 is 1.23 bits per heavy atom. The quantitative estimate of drug-likeness (QED) is 0.726. The lowest BCUT2D eigenvalue weighted by Gasteiger charge is -2.25. The first-order chi connectivity index (χ1) is 10.8. The molecule has 3 aromatic rings. The average molecular weight is 313 g/mol. The number of benzene rings is 1. The van der Waals surface area contributed by atoms with Gasteiger partial charge in [-0.3, -0.25) is 4.98 Å². The normalized spacial score (nSPS) is 14.0. The van der Waals surface area contributed by atoms with E-state index in [0.29, 0.717) is 17.5 Å². The fourth-order valence-electron chi connectivity index (χ4n) is 2.59. The van der Waals surface area contributed by atoms with Crippen molar-refractivity contribution in [3.05, 3.63) is 59.3 Å². The average Bonchev–Trinajstić information content (AvgIpc) is 2.99. The number of hydrogen-bond donors (Lipinski definition) is 0. The maximum atomic E-state index is 6.03. The van der Waals surface area contributed by atoms with Gasteiger partial charge in [-0.2, -0.15) is 0 Å². The Kier molecular flexibility index (Phi) is 3.27. The van der Waals surface area contributed by atoms with Gasteiger partial charge >= 0.3 is 0 Å². The van der Waals surface area contributed by atoms with Gasteiger partial charge in [-0.05, 0) is 18.2 Å². The molecule has 0 bridgehead atoms. The predicted octanol–water partition coefficient (Wildman–Crippen LogP) is 3.35. The summed E-state index contributed by atoms with van der Waals surface area (Å²) >= 11 is 6.03. The van der Waals surface area contributed by atoms with E-state index in [1.807, 2.05) is 24.3 Å². The predicted molar refractivity (Wildman–Crippen MR) is 83.7 cm³/mol. The molecule has 1 aliphatic rings. The van der Waals surface area contributed by atoms with E-state index in [-0.39, 0.29) is 0 Å². The van der Waals surface area contributed by atoms with Crippen molar-refractivity contribution in [2.24, 2.45) is 0 Å². The molecule has 1 aromatic carbocycles. The molecule has 5 nitrogen and oxygen atoms in total. The van der Waals surface area contributed by atoms with Gasteiger partial charge in [0.15, 0.2) is 0 Å². The van der Waals surface area contributed by atoms with E-state index in [4.69, 9.17) is 16.0 Å². The van der Waals surface area contributed by atoms with Gasteiger partial charge in [0.05, 0.1) is 12.7 Å². The smallest absolute Gasteiger partial charge is 0.226 e. The number of halogens is 1. The maximum absolute atomic E-state index is 6.03. The minimum atomic E-state index is 0.619. The van der Waals surface area contributed by atoms with Crippen molar-refractivity contribution in [1.82, 2.24) is 15.0 Å². The van der Waals surface area contributed by atoms with Crippen LogP contribution in [0.2, 0.25) is 5.02 Å². The molecular weight excluding hydrogens is 300 g/mol. The van der Waals surface area contributed by atoms with Crippen LogP contribution in [0.3, 0.4) is 0 Å². The molecule has 0 atom stereocenters. The molecule has 0 fully saturated rings. The van der Waals surface area contributed by atoms with Crippen LogP contribution in [0.1, 0.15) is 11.5 Å². The van der Waals surface area contributed by atoms with Gasteiger partial charge < -0.3 is 9.32 Å². The van der Waals surface area contributed by atoms with E-state index in [0.717, 1.165) is 35.8 Å². The molecule has 4 rings (SSSR count).